The largest absolute Gasteiger partial charge is 0.483 e. The number of aromatic nitrogens is 1. The van der Waals surface area contributed by atoms with Crippen LogP contribution in [0.25, 0.3) is 28.1 Å². The molecule has 2 aromatic heterocycles. The fourth-order valence-electron chi connectivity index (χ4n) is 3.46. The van der Waals surface area contributed by atoms with E-state index in [1.807, 2.05) is 78.2 Å². The number of allylic oxidation sites excluding steroid dienone is 1. The first-order chi connectivity index (χ1) is 13.3. The van der Waals surface area contributed by atoms with Crippen LogP contribution in [-0.4, -0.2) is 10.8 Å². The summed E-state index contributed by atoms with van der Waals surface area (Å²) in [7, 11) is 0. The molecule has 0 N–H and O–H groups in total. The number of thiophene rings is 1. The van der Waals surface area contributed by atoms with Gasteiger partial charge in [0, 0.05) is 21.9 Å². The maximum Gasteiger partial charge on any atom is 0.230 e. The number of hydrogen-bond acceptors (Lipinski definition) is 4. The fraction of sp³-hybridized carbons (Fsp3) is 0.0435. The summed E-state index contributed by atoms with van der Waals surface area (Å²) in [6, 6.07) is 21.9. The summed E-state index contributed by atoms with van der Waals surface area (Å²) in [5.74, 6) is 0.265. The monoisotopic (exact) mass is 369 g/mol. The normalized spacial score (nSPS) is 15.0. The van der Waals surface area contributed by atoms with Gasteiger partial charge in [-0.1, -0.05) is 54.6 Å². The highest BCUT2D eigenvalue weighted by atomic mass is 32.1. The maximum absolute atomic E-state index is 13.4. The van der Waals surface area contributed by atoms with Gasteiger partial charge in [0.2, 0.25) is 5.78 Å². The number of hydrogen-bond donors (Lipinski definition) is 0. The molecule has 3 nitrogen and oxygen atoms in total. The quantitative estimate of drug-likeness (QED) is 0.424. The van der Waals surface area contributed by atoms with E-state index in [0.717, 1.165) is 26.9 Å². The minimum Gasteiger partial charge on any atom is -0.483 e. The van der Waals surface area contributed by atoms with E-state index in [0.29, 0.717) is 23.6 Å². The summed E-state index contributed by atoms with van der Waals surface area (Å²) in [5, 5.41) is 2.96. The number of rotatable bonds is 2. The number of carbonyl (C=O) groups excluding carboxylic acids is 1. The van der Waals surface area contributed by atoms with Crippen molar-refractivity contribution in [2.24, 2.45) is 0 Å². The summed E-state index contributed by atoms with van der Waals surface area (Å²) in [4.78, 5) is 19.1. The maximum atomic E-state index is 13.4. The molecule has 2 aromatic carbocycles. The average Bonchev–Trinajstić information content (AvgIpc) is 3.22. The van der Waals surface area contributed by atoms with Crippen molar-refractivity contribution in [1.82, 2.24) is 4.98 Å². The Kier molecular flexibility index (Phi) is 3.84. The van der Waals surface area contributed by atoms with Gasteiger partial charge in [-0.25, -0.2) is 4.98 Å². The molecule has 130 valence electrons. The molecule has 0 aliphatic carbocycles. The molecule has 0 saturated carbocycles. The van der Waals surface area contributed by atoms with Crippen LogP contribution in [0.15, 0.2) is 77.9 Å². The molecule has 1 aliphatic rings. The third kappa shape index (κ3) is 2.75. The van der Waals surface area contributed by atoms with E-state index < -0.39 is 0 Å². The van der Waals surface area contributed by atoms with Gasteiger partial charge in [0.15, 0.2) is 5.76 Å². The van der Waals surface area contributed by atoms with Crippen LogP contribution >= 0.6 is 11.3 Å². The van der Waals surface area contributed by atoms with E-state index in [1.54, 1.807) is 11.3 Å². The number of ether oxygens (including phenoxy) is 1. The minimum absolute atomic E-state index is 0.109. The Morgan fingerprint density at radius 2 is 1.74 bits per heavy atom. The number of Topliss-reactive ketones (excluding diaryl/α,β-unsaturated/α-hetero) is 1. The highest BCUT2D eigenvalue weighted by Gasteiger charge is 2.29. The molecule has 0 radical (unpaired) electrons. The van der Waals surface area contributed by atoms with Gasteiger partial charge in [0.1, 0.15) is 6.61 Å². The number of fused-ring (bicyclic) bond motifs is 2. The fourth-order valence-corrected chi connectivity index (χ4v) is 4.11. The van der Waals surface area contributed by atoms with Crippen LogP contribution in [0, 0.1) is 0 Å². The van der Waals surface area contributed by atoms with Crippen LogP contribution in [0.1, 0.15) is 20.9 Å². The first-order valence-corrected chi connectivity index (χ1v) is 9.59. The highest BCUT2D eigenvalue weighted by molar-refractivity contribution is 7.10. The smallest absolute Gasteiger partial charge is 0.230 e. The summed E-state index contributed by atoms with van der Waals surface area (Å²) < 4.78 is 5.79. The number of ketones is 1. The summed E-state index contributed by atoms with van der Waals surface area (Å²) >= 11 is 1.58. The Hall–Kier alpha value is -3.24. The Bertz CT molecular complexity index is 1180. The summed E-state index contributed by atoms with van der Waals surface area (Å²) in [6.07, 6.45) is 1.82. The Morgan fingerprint density at radius 1 is 0.926 bits per heavy atom. The highest BCUT2D eigenvalue weighted by Crippen LogP contribution is 2.37. The first kappa shape index (κ1) is 16.0. The molecule has 4 aromatic rings. The van der Waals surface area contributed by atoms with E-state index >= 15 is 0 Å². The zero-order valence-corrected chi connectivity index (χ0v) is 15.2. The molecule has 0 fully saturated rings. The van der Waals surface area contributed by atoms with Crippen LogP contribution in [0.3, 0.4) is 0 Å². The van der Waals surface area contributed by atoms with Crippen molar-refractivity contribution in [2.45, 2.75) is 6.61 Å². The van der Waals surface area contributed by atoms with Crippen LogP contribution < -0.4 is 0 Å². The Morgan fingerprint density at radius 3 is 2.56 bits per heavy atom. The van der Waals surface area contributed by atoms with E-state index in [2.05, 4.69) is 0 Å². The van der Waals surface area contributed by atoms with Crippen molar-refractivity contribution in [2.75, 3.05) is 0 Å². The number of nitrogens with zero attached hydrogens (tertiary/aromatic N) is 1. The lowest BCUT2D eigenvalue weighted by molar-refractivity contribution is 0.0867. The van der Waals surface area contributed by atoms with Crippen molar-refractivity contribution in [3.8, 4) is 11.1 Å². The molecule has 0 saturated heterocycles. The predicted molar refractivity (Wildman–Crippen MR) is 109 cm³/mol. The predicted octanol–water partition coefficient (Wildman–Crippen LogP) is 5.72. The minimum atomic E-state index is -0.109. The first-order valence-electron chi connectivity index (χ1n) is 8.71. The molecule has 4 heteroatoms. The Balaban J connectivity index is 1.78. The molecule has 27 heavy (non-hydrogen) atoms. The van der Waals surface area contributed by atoms with Gasteiger partial charge in [0.05, 0.1) is 16.8 Å². The lowest BCUT2D eigenvalue weighted by Crippen LogP contribution is -2.19. The van der Waals surface area contributed by atoms with E-state index in [9.17, 15) is 4.79 Å². The standard InChI is InChI=1S/C23H15NO2S/c25-23-20(13-16-9-6-12-27-16)26-14-19-22(23)21(15-7-2-1-3-8-15)17-10-4-5-11-18(17)24-19/h1-13H,14H2. The summed E-state index contributed by atoms with van der Waals surface area (Å²) in [6.45, 7) is 0.295. The second-order valence-corrected chi connectivity index (χ2v) is 7.31. The van der Waals surface area contributed by atoms with Crippen molar-refractivity contribution < 1.29 is 9.53 Å². The zero-order valence-electron chi connectivity index (χ0n) is 14.4. The molecule has 5 rings (SSSR count). The SMILES string of the molecule is O=C1C(=Cc2cccs2)OCc2nc3ccccc3c(-c3ccccc3)c21. The molecule has 0 amide bonds. The lowest BCUT2D eigenvalue weighted by atomic mass is 9.90. The number of carbonyl (C=O) groups is 1. The topological polar surface area (TPSA) is 39.2 Å². The molecule has 0 bridgehead atoms. The van der Waals surface area contributed by atoms with Crippen LogP contribution in [-0.2, 0) is 11.3 Å². The second-order valence-electron chi connectivity index (χ2n) is 6.33. The summed E-state index contributed by atoms with van der Waals surface area (Å²) in [5.41, 5.74) is 4.16. The average molecular weight is 369 g/mol. The zero-order chi connectivity index (χ0) is 18.2. The van der Waals surface area contributed by atoms with Gasteiger partial charge in [-0.2, -0.15) is 0 Å². The van der Waals surface area contributed by atoms with Gasteiger partial charge in [-0.3, -0.25) is 4.79 Å². The van der Waals surface area contributed by atoms with Crippen LogP contribution in [0.4, 0.5) is 0 Å². The number of benzene rings is 2. The van der Waals surface area contributed by atoms with E-state index in [1.165, 1.54) is 0 Å². The third-order valence-electron chi connectivity index (χ3n) is 4.66. The van der Waals surface area contributed by atoms with Gasteiger partial charge < -0.3 is 4.74 Å². The van der Waals surface area contributed by atoms with E-state index in [-0.39, 0.29) is 5.78 Å². The number of pyridine rings is 1. The Labute approximate surface area is 160 Å². The molecule has 3 heterocycles. The van der Waals surface area contributed by atoms with Gasteiger partial charge >= 0.3 is 0 Å². The van der Waals surface area contributed by atoms with Crippen LogP contribution in [0.5, 0.6) is 0 Å². The van der Waals surface area contributed by atoms with Crippen molar-refractivity contribution in [3.05, 3.63) is 94.0 Å². The molecule has 0 unspecified atom stereocenters. The van der Waals surface area contributed by atoms with Gasteiger partial charge in [0.25, 0.3) is 0 Å². The molecule has 1 aliphatic heterocycles. The molecule has 0 atom stereocenters. The van der Waals surface area contributed by atoms with Crippen molar-refractivity contribution >= 4 is 34.1 Å². The van der Waals surface area contributed by atoms with Crippen molar-refractivity contribution in [3.63, 3.8) is 0 Å². The van der Waals surface area contributed by atoms with Crippen molar-refractivity contribution in [1.29, 1.82) is 0 Å². The van der Waals surface area contributed by atoms with Gasteiger partial charge in [-0.15, -0.1) is 11.3 Å². The molecular weight excluding hydrogens is 354 g/mol. The second kappa shape index (κ2) is 6.49. The number of para-hydroxylation sites is 1. The lowest BCUT2D eigenvalue weighted by Gasteiger charge is -2.22. The van der Waals surface area contributed by atoms with Crippen LogP contribution in [0.2, 0.25) is 0 Å². The van der Waals surface area contributed by atoms with Gasteiger partial charge in [-0.05, 0) is 23.1 Å². The van der Waals surface area contributed by atoms with E-state index in [4.69, 9.17) is 9.72 Å². The molecule has 0 spiro atoms. The third-order valence-corrected chi connectivity index (χ3v) is 5.48. The molecular formula is C23H15NO2S.